The molecule has 0 aromatic carbocycles. The average Bonchev–Trinajstić information content (AvgIpc) is 2.62. The van der Waals surface area contributed by atoms with Gasteiger partial charge in [-0.25, -0.2) is 4.39 Å². The molecular weight excluding hydrogens is 219 g/mol. The van der Waals surface area contributed by atoms with Crippen LogP contribution < -0.4 is 5.32 Å². The van der Waals surface area contributed by atoms with Gasteiger partial charge in [-0.2, -0.15) is 5.10 Å². The molecule has 2 heterocycles. The Labute approximate surface area is 99.5 Å². The van der Waals surface area contributed by atoms with E-state index in [9.17, 15) is 4.39 Å². The molecule has 0 fully saturated rings. The highest BCUT2D eigenvalue weighted by atomic mass is 19.1. The van der Waals surface area contributed by atoms with Crippen LogP contribution >= 0.6 is 0 Å². The van der Waals surface area contributed by atoms with Gasteiger partial charge in [-0.1, -0.05) is 0 Å². The van der Waals surface area contributed by atoms with Crippen LogP contribution in [0.3, 0.4) is 0 Å². The summed E-state index contributed by atoms with van der Waals surface area (Å²) in [5, 5.41) is 7.38. The molecule has 0 saturated carbocycles. The predicted octanol–water partition coefficient (Wildman–Crippen LogP) is 1.57. The Morgan fingerprint density at radius 3 is 2.71 bits per heavy atom. The first-order valence-corrected chi connectivity index (χ1v) is 5.40. The molecule has 0 aliphatic rings. The van der Waals surface area contributed by atoms with Gasteiger partial charge in [-0.15, -0.1) is 0 Å². The maximum absolute atomic E-state index is 13.7. The highest BCUT2D eigenvalue weighted by Crippen LogP contribution is 2.25. The number of aryl methyl sites for hydroxylation is 2. The second-order valence-electron chi connectivity index (χ2n) is 3.96. The molecular formula is C12H15FN4. The van der Waals surface area contributed by atoms with Gasteiger partial charge >= 0.3 is 0 Å². The molecule has 2 aromatic heterocycles. The minimum Gasteiger partial charge on any atom is -0.309 e. The summed E-state index contributed by atoms with van der Waals surface area (Å²) in [6, 6.07) is 1.48. The molecule has 1 N–H and O–H groups in total. The number of halogens is 1. The molecule has 1 atom stereocenters. The van der Waals surface area contributed by atoms with Gasteiger partial charge in [-0.3, -0.25) is 9.67 Å². The number of hydrogen-bond acceptors (Lipinski definition) is 3. The summed E-state index contributed by atoms with van der Waals surface area (Å²) in [4.78, 5) is 3.76. The SMILES string of the molecule is CNC(c1ccncc1F)c1cn(C)nc1C. The van der Waals surface area contributed by atoms with Crippen LogP contribution in [0.15, 0.2) is 24.7 Å². The van der Waals surface area contributed by atoms with Gasteiger partial charge in [0, 0.05) is 30.6 Å². The van der Waals surface area contributed by atoms with Gasteiger partial charge < -0.3 is 5.32 Å². The van der Waals surface area contributed by atoms with E-state index < -0.39 is 0 Å². The van der Waals surface area contributed by atoms with Crippen molar-refractivity contribution < 1.29 is 4.39 Å². The zero-order valence-corrected chi connectivity index (χ0v) is 10.1. The topological polar surface area (TPSA) is 42.7 Å². The summed E-state index contributed by atoms with van der Waals surface area (Å²) in [6.07, 6.45) is 4.72. The highest BCUT2D eigenvalue weighted by Gasteiger charge is 2.19. The third kappa shape index (κ3) is 2.19. The predicted molar refractivity (Wildman–Crippen MR) is 63.0 cm³/mol. The molecule has 90 valence electrons. The van der Waals surface area contributed by atoms with Gasteiger partial charge in [0.05, 0.1) is 17.9 Å². The zero-order chi connectivity index (χ0) is 12.4. The molecule has 0 saturated heterocycles. The van der Waals surface area contributed by atoms with E-state index in [0.717, 1.165) is 11.3 Å². The smallest absolute Gasteiger partial charge is 0.146 e. The summed E-state index contributed by atoms with van der Waals surface area (Å²) in [7, 11) is 3.66. The van der Waals surface area contributed by atoms with E-state index in [2.05, 4.69) is 15.4 Å². The summed E-state index contributed by atoms with van der Waals surface area (Å²) in [5.74, 6) is -0.310. The van der Waals surface area contributed by atoms with Crippen LogP contribution in [0.2, 0.25) is 0 Å². The Morgan fingerprint density at radius 2 is 2.18 bits per heavy atom. The van der Waals surface area contributed by atoms with Crippen molar-refractivity contribution in [3.8, 4) is 0 Å². The van der Waals surface area contributed by atoms with Crippen LogP contribution in [0.4, 0.5) is 4.39 Å². The number of rotatable bonds is 3. The average molecular weight is 234 g/mol. The third-order valence-electron chi connectivity index (χ3n) is 2.77. The second kappa shape index (κ2) is 4.63. The van der Waals surface area contributed by atoms with E-state index in [1.54, 1.807) is 24.0 Å². The van der Waals surface area contributed by atoms with Crippen molar-refractivity contribution in [1.82, 2.24) is 20.1 Å². The molecule has 2 aromatic rings. The fourth-order valence-corrected chi connectivity index (χ4v) is 2.00. The molecule has 0 radical (unpaired) electrons. The summed E-state index contributed by atoms with van der Waals surface area (Å²) < 4.78 is 15.5. The lowest BCUT2D eigenvalue weighted by Gasteiger charge is -2.16. The van der Waals surface area contributed by atoms with Crippen molar-refractivity contribution in [2.24, 2.45) is 7.05 Å². The van der Waals surface area contributed by atoms with E-state index in [1.165, 1.54) is 6.20 Å². The van der Waals surface area contributed by atoms with E-state index in [-0.39, 0.29) is 11.9 Å². The fraction of sp³-hybridized carbons (Fsp3) is 0.333. The zero-order valence-electron chi connectivity index (χ0n) is 10.1. The molecule has 5 heteroatoms. The number of nitrogens with zero attached hydrogens (tertiary/aromatic N) is 3. The summed E-state index contributed by atoms with van der Waals surface area (Å²) >= 11 is 0. The first-order chi connectivity index (χ1) is 8.13. The molecule has 0 spiro atoms. The lowest BCUT2D eigenvalue weighted by molar-refractivity contribution is 0.569. The van der Waals surface area contributed by atoms with Crippen LogP contribution in [0.1, 0.15) is 22.9 Å². The fourth-order valence-electron chi connectivity index (χ4n) is 2.00. The monoisotopic (exact) mass is 234 g/mol. The number of hydrogen-bond donors (Lipinski definition) is 1. The Bertz CT molecular complexity index is 521. The molecule has 17 heavy (non-hydrogen) atoms. The Morgan fingerprint density at radius 1 is 1.41 bits per heavy atom. The van der Waals surface area contributed by atoms with Crippen molar-refractivity contribution in [2.45, 2.75) is 13.0 Å². The Kier molecular flexibility index (Phi) is 3.19. The van der Waals surface area contributed by atoms with E-state index >= 15 is 0 Å². The largest absolute Gasteiger partial charge is 0.309 e. The van der Waals surface area contributed by atoms with Crippen LogP contribution in [0, 0.1) is 12.7 Å². The van der Waals surface area contributed by atoms with Crippen LogP contribution in [0.5, 0.6) is 0 Å². The van der Waals surface area contributed by atoms with E-state index in [4.69, 9.17) is 0 Å². The third-order valence-corrected chi connectivity index (χ3v) is 2.77. The molecule has 4 nitrogen and oxygen atoms in total. The Balaban J connectivity index is 2.47. The maximum atomic E-state index is 13.7. The van der Waals surface area contributed by atoms with Crippen molar-refractivity contribution in [3.63, 3.8) is 0 Å². The Hall–Kier alpha value is -1.75. The minimum atomic E-state index is -0.310. The lowest BCUT2D eigenvalue weighted by atomic mass is 10.0. The number of aromatic nitrogens is 3. The molecule has 0 aliphatic carbocycles. The normalized spacial score (nSPS) is 12.7. The standard InChI is InChI=1S/C12H15FN4/c1-8-10(7-17(3)16-8)12(14-2)9-4-5-15-6-11(9)13/h4-7,12,14H,1-3H3. The second-order valence-corrected chi connectivity index (χ2v) is 3.96. The van der Waals surface area contributed by atoms with Crippen LogP contribution in [-0.4, -0.2) is 21.8 Å². The molecule has 2 rings (SSSR count). The maximum Gasteiger partial charge on any atom is 0.146 e. The van der Waals surface area contributed by atoms with Crippen molar-refractivity contribution >= 4 is 0 Å². The van der Waals surface area contributed by atoms with Crippen molar-refractivity contribution in [3.05, 3.63) is 47.3 Å². The number of nitrogens with one attached hydrogen (secondary N) is 1. The number of pyridine rings is 1. The van der Waals surface area contributed by atoms with Gasteiger partial charge in [0.2, 0.25) is 0 Å². The van der Waals surface area contributed by atoms with Gasteiger partial charge in [0.15, 0.2) is 0 Å². The molecule has 0 amide bonds. The lowest BCUT2D eigenvalue weighted by Crippen LogP contribution is -2.19. The van der Waals surface area contributed by atoms with Crippen molar-refractivity contribution in [1.29, 1.82) is 0 Å². The minimum absolute atomic E-state index is 0.202. The first-order valence-electron chi connectivity index (χ1n) is 5.40. The van der Waals surface area contributed by atoms with Crippen LogP contribution in [0.25, 0.3) is 0 Å². The quantitative estimate of drug-likeness (QED) is 0.876. The molecule has 1 unspecified atom stereocenters. The van der Waals surface area contributed by atoms with Gasteiger partial charge in [0.25, 0.3) is 0 Å². The van der Waals surface area contributed by atoms with E-state index in [1.807, 2.05) is 20.2 Å². The highest BCUT2D eigenvalue weighted by molar-refractivity contribution is 5.32. The van der Waals surface area contributed by atoms with Crippen molar-refractivity contribution in [2.75, 3.05) is 7.05 Å². The summed E-state index contributed by atoms with van der Waals surface area (Å²) in [5.41, 5.74) is 2.45. The van der Waals surface area contributed by atoms with Gasteiger partial charge in [0.1, 0.15) is 5.82 Å². The molecule has 0 bridgehead atoms. The summed E-state index contributed by atoms with van der Waals surface area (Å²) in [6.45, 7) is 1.92. The van der Waals surface area contributed by atoms with Gasteiger partial charge in [-0.05, 0) is 20.0 Å². The van der Waals surface area contributed by atoms with Crippen LogP contribution in [-0.2, 0) is 7.05 Å². The first kappa shape index (κ1) is 11.7. The molecule has 0 aliphatic heterocycles. The van der Waals surface area contributed by atoms with E-state index in [0.29, 0.717) is 5.56 Å².